The highest BCUT2D eigenvalue weighted by molar-refractivity contribution is 6.32. The molecule has 1 aliphatic heterocycles. The first-order valence-corrected chi connectivity index (χ1v) is 7.58. The molecule has 2 nitrogen and oxygen atoms in total. The van der Waals surface area contributed by atoms with Crippen molar-refractivity contribution in [3.8, 4) is 0 Å². The van der Waals surface area contributed by atoms with Crippen LogP contribution in [-0.2, 0) is 19.5 Å². The summed E-state index contributed by atoms with van der Waals surface area (Å²) >= 11 is 12.2. The molecule has 0 atom stereocenters. The number of halogens is 2. The highest BCUT2D eigenvalue weighted by Crippen LogP contribution is 2.23. The third-order valence-electron chi connectivity index (χ3n) is 3.69. The van der Waals surface area contributed by atoms with Crippen molar-refractivity contribution in [2.75, 3.05) is 6.54 Å². The standard InChI is InChI=1S/C16H16Cl2N2/c17-14-7-8-16(18)19-15(14)11-20-9-3-6-12-4-1-2-5-13(12)10-20/h1-2,4-5,7-8H,3,6,9-11H2. The summed E-state index contributed by atoms with van der Waals surface area (Å²) in [5, 5.41) is 1.19. The van der Waals surface area contributed by atoms with E-state index in [2.05, 4.69) is 34.1 Å². The number of nitrogens with zero attached hydrogens (tertiary/aromatic N) is 2. The minimum absolute atomic E-state index is 0.500. The number of hydrogen-bond donors (Lipinski definition) is 0. The number of aryl methyl sites for hydroxylation is 1. The summed E-state index contributed by atoms with van der Waals surface area (Å²) in [6.45, 7) is 2.74. The van der Waals surface area contributed by atoms with Crippen LogP contribution < -0.4 is 0 Å². The highest BCUT2D eigenvalue weighted by Gasteiger charge is 2.16. The van der Waals surface area contributed by atoms with Gasteiger partial charge in [0.05, 0.1) is 10.7 Å². The average molecular weight is 307 g/mol. The molecule has 104 valence electrons. The van der Waals surface area contributed by atoms with Gasteiger partial charge >= 0.3 is 0 Å². The van der Waals surface area contributed by atoms with E-state index in [9.17, 15) is 0 Å². The van der Waals surface area contributed by atoms with E-state index in [1.165, 1.54) is 11.1 Å². The predicted molar refractivity (Wildman–Crippen MR) is 83.1 cm³/mol. The van der Waals surface area contributed by atoms with Gasteiger partial charge in [-0.25, -0.2) is 4.98 Å². The van der Waals surface area contributed by atoms with Gasteiger partial charge < -0.3 is 0 Å². The number of hydrogen-bond acceptors (Lipinski definition) is 2. The smallest absolute Gasteiger partial charge is 0.129 e. The number of pyridine rings is 1. The number of rotatable bonds is 2. The second-order valence-corrected chi connectivity index (χ2v) is 5.94. The van der Waals surface area contributed by atoms with E-state index >= 15 is 0 Å². The Bertz CT molecular complexity index is 613. The van der Waals surface area contributed by atoms with Crippen LogP contribution in [0, 0.1) is 0 Å². The second-order valence-electron chi connectivity index (χ2n) is 5.15. The SMILES string of the molecule is Clc1ccc(Cl)c(CN2CCCc3ccccc3C2)n1. The van der Waals surface area contributed by atoms with E-state index in [0.29, 0.717) is 10.2 Å². The molecule has 0 amide bonds. The predicted octanol–water partition coefficient (Wildman–Crippen LogP) is 4.34. The van der Waals surface area contributed by atoms with Crippen LogP contribution in [0.1, 0.15) is 23.2 Å². The van der Waals surface area contributed by atoms with E-state index in [0.717, 1.165) is 38.2 Å². The first kappa shape index (κ1) is 13.9. The van der Waals surface area contributed by atoms with Crippen molar-refractivity contribution in [2.24, 2.45) is 0 Å². The summed E-state index contributed by atoms with van der Waals surface area (Å²) in [5.74, 6) is 0. The van der Waals surface area contributed by atoms with Crippen molar-refractivity contribution < 1.29 is 0 Å². The van der Waals surface area contributed by atoms with Crippen LogP contribution >= 0.6 is 23.2 Å². The molecular weight excluding hydrogens is 291 g/mol. The van der Waals surface area contributed by atoms with Crippen LogP contribution in [0.25, 0.3) is 0 Å². The molecule has 0 saturated heterocycles. The normalized spacial score (nSPS) is 15.7. The van der Waals surface area contributed by atoms with Crippen LogP contribution in [-0.4, -0.2) is 16.4 Å². The van der Waals surface area contributed by atoms with E-state index < -0.39 is 0 Å². The Morgan fingerprint density at radius 2 is 1.85 bits per heavy atom. The lowest BCUT2D eigenvalue weighted by atomic mass is 10.0. The lowest BCUT2D eigenvalue weighted by Crippen LogP contribution is -2.23. The highest BCUT2D eigenvalue weighted by atomic mass is 35.5. The fraction of sp³-hybridized carbons (Fsp3) is 0.312. The van der Waals surface area contributed by atoms with Gasteiger partial charge in [-0.05, 0) is 42.6 Å². The van der Waals surface area contributed by atoms with E-state index in [4.69, 9.17) is 23.2 Å². The zero-order valence-electron chi connectivity index (χ0n) is 11.1. The van der Waals surface area contributed by atoms with Crippen molar-refractivity contribution in [2.45, 2.75) is 25.9 Å². The van der Waals surface area contributed by atoms with Crippen LogP contribution in [0.15, 0.2) is 36.4 Å². The van der Waals surface area contributed by atoms with Crippen LogP contribution in [0.3, 0.4) is 0 Å². The van der Waals surface area contributed by atoms with Gasteiger partial charge in [0.2, 0.25) is 0 Å². The fourth-order valence-corrected chi connectivity index (χ4v) is 3.01. The number of aromatic nitrogens is 1. The fourth-order valence-electron chi connectivity index (χ4n) is 2.68. The third kappa shape index (κ3) is 3.14. The topological polar surface area (TPSA) is 16.1 Å². The minimum Gasteiger partial charge on any atom is -0.293 e. The maximum Gasteiger partial charge on any atom is 0.129 e. The largest absolute Gasteiger partial charge is 0.293 e. The summed E-state index contributed by atoms with van der Waals surface area (Å²) in [4.78, 5) is 6.73. The van der Waals surface area contributed by atoms with Gasteiger partial charge in [0, 0.05) is 13.1 Å². The molecule has 1 aromatic carbocycles. The third-order valence-corrected chi connectivity index (χ3v) is 4.25. The van der Waals surface area contributed by atoms with Gasteiger partial charge in [-0.1, -0.05) is 47.5 Å². The Labute approximate surface area is 129 Å². The summed E-state index contributed by atoms with van der Waals surface area (Å²) in [5.41, 5.74) is 3.72. The van der Waals surface area contributed by atoms with Crippen molar-refractivity contribution in [3.63, 3.8) is 0 Å². The van der Waals surface area contributed by atoms with Crippen molar-refractivity contribution >= 4 is 23.2 Å². The van der Waals surface area contributed by atoms with E-state index in [-0.39, 0.29) is 0 Å². The molecule has 0 bridgehead atoms. The van der Waals surface area contributed by atoms with Gasteiger partial charge in [0.1, 0.15) is 5.15 Å². The lowest BCUT2D eigenvalue weighted by molar-refractivity contribution is 0.258. The van der Waals surface area contributed by atoms with Gasteiger partial charge in [0.15, 0.2) is 0 Å². The van der Waals surface area contributed by atoms with Gasteiger partial charge in [-0.3, -0.25) is 4.90 Å². The Morgan fingerprint density at radius 1 is 1.05 bits per heavy atom. The molecule has 0 spiro atoms. The first-order chi connectivity index (χ1) is 9.72. The van der Waals surface area contributed by atoms with Crippen LogP contribution in [0.2, 0.25) is 10.2 Å². The molecule has 2 heterocycles. The summed E-state index contributed by atoms with van der Waals surface area (Å²) in [6.07, 6.45) is 2.30. The zero-order chi connectivity index (χ0) is 13.9. The molecule has 0 fully saturated rings. The minimum atomic E-state index is 0.500. The van der Waals surface area contributed by atoms with E-state index in [1.807, 2.05) is 6.07 Å². The second kappa shape index (κ2) is 6.13. The summed E-state index contributed by atoms with van der Waals surface area (Å²) in [7, 11) is 0. The zero-order valence-corrected chi connectivity index (χ0v) is 12.7. The maximum atomic E-state index is 6.21. The molecule has 0 aliphatic carbocycles. The van der Waals surface area contributed by atoms with Crippen molar-refractivity contribution in [3.05, 3.63) is 63.4 Å². The molecule has 1 aliphatic rings. The monoisotopic (exact) mass is 306 g/mol. The molecule has 0 saturated carbocycles. The summed E-state index contributed by atoms with van der Waals surface area (Å²) < 4.78 is 0. The number of fused-ring (bicyclic) bond motifs is 1. The quantitative estimate of drug-likeness (QED) is 0.767. The molecular formula is C16H16Cl2N2. The Balaban J connectivity index is 1.80. The molecule has 4 heteroatoms. The van der Waals surface area contributed by atoms with Crippen LogP contribution in [0.4, 0.5) is 0 Å². The molecule has 1 aromatic heterocycles. The van der Waals surface area contributed by atoms with Gasteiger partial charge in [-0.2, -0.15) is 0 Å². The van der Waals surface area contributed by atoms with Gasteiger partial charge in [-0.15, -0.1) is 0 Å². The Morgan fingerprint density at radius 3 is 2.70 bits per heavy atom. The average Bonchev–Trinajstić information content (AvgIpc) is 2.64. The maximum absolute atomic E-state index is 6.21. The molecule has 0 unspecified atom stereocenters. The lowest BCUT2D eigenvalue weighted by Gasteiger charge is -2.20. The molecule has 3 rings (SSSR count). The van der Waals surface area contributed by atoms with Crippen molar-refractivity contribution in [1.29, 1.82) is 0 Å². The van der Waals surface area contributed by atoms with Crippen LogP contribution in [0.5, 0.6) is 0 Å². The number of benzene rings is 1. The van der Waals surface area contributed by atoms with Crippen molar-refractivity contribution in [1.82, 2.24) is 9.88 Å². The Hall–Kier alpha value is -1.09. The molecule has 2 aromatic rings. The van der Waals surface area contributed by atoms with Gasteiger partial charge in [0.25, 0.3) is 0 Å². The Kier molecular flexibility index (Phi) is 4.25. The molecule has 20 heavy (non-hydrogen) atoms. The summed E-state index contributed by atoms with van der Waals surface area (Å²) in [6, 6.07) is 12.2. The van der Waals surface area contributed by atoms with E-state index in [1.54, 1.807) is 6.07 Å². The first-order valence-electron chi connectivity index (χ1n) is 6.82. The molecule has 0 radical (unpaired) electrons. The molecule has 0 N–H and O–H groups in total.